The second-order valence-electron chi connectivity index (χ2n) is 3.68. The van der Waals surface area contributed by atoms with E-state index in [4.69, 9.17) is 4.74 Å². The molecule has 0 saturated carbocycles. The molecule has 0 unspecified atom stereocenters. The molecule has 92 valence electrons. The molecule has 7 nitrogen and oxygen atoms in total. The Kier molecular flexibility index (Phi) is 5.91. The zero-order chi connectivity index (χ0) is 11.8. The van der Waals surface area contributed by atoms with E-state index in [1.165, 1.54) is 4.80 Å². The molecule has 0 saturated heterocycles. The summed E-state index contributed by atoms with van der Waals surface area (Å²) in [5.41, 5.74) is 0. The first-order valence-corrected chi connectivity index (χ1v) is 5.33. The molecule has 1 aromatic rings. The fraction of sp³-hybridized carbons (Fsp3) is 0.889. The van der Waals surface area contributed by atoms with Crippen LogP contribution in [0, 0.1) is 0 Å². The minimum absolute atomic E-state index is 0.722. The van der Waals surface area contributed by atoms with Crippen molar-refractivity contribution in [3.05, 3.63) is 5.82 Å². The largest absolute Gasteiger partial charge is 0.383 e. The van der Waals surface area contributed by atoms with Gasteiger partial charge in [0.2, 0.25) is 0 Å². The molecule has 7 heteroatoms. The van der Waals surface area contributed by atoms with Gasteiger partial charge in [0.05, 0.1) is 20.2 Å². The third-order valence-electron chi connectivity index (χ3n) is 2.11. The van der Waals surface area contributed by atoms with Crippen LogP contribution in [0.5, 0.6) is 0 Å². The van der Waals surface area contributed by atoms with Crippen LogP contribution in [0.3, 0.4) is 0 Å². The van der Waals surface area contributed by atoms with Gasteiger partial charge in [-0.3, -0.25) is 4.90 Å². The van der Waals surface area contributed by atoms with Crippen molar-refractivity contribution in [1.82, 2.24) is 30.4 Å². The number of aromatic nitrogens is 4. The molecule has 1 aromatic heterocycles. The van der Waals surface area contributed by atoms with Crippen LogP contribution in [0.1, 0.15) is 5.82 Å². The van der Waals surface area contributed by atoms with Crippen molar-refractivity contribution < 1.29 is 4.74 Å². The average Bonchev–Trinajstić information content (AvgIpc) is 2.63. The van der Waals surface area contributed by atoms with E-state index in [9.17, 15) is 0 Å². The molecule has 16 heavy (non-hydrogen) atoms. The maximum absolute atomic E-state index is 4.94. The second kappa shape index (κ2) is 7.26. The lowest BCUT2D eigenvalue weighted by Gasteiger charge is -2.14. The molecule has 0 aliphatic rings. The molecule has 0 aliphatic heterocycles. The standard InChI is InChI=1S/C9H20N6O/c1-14(6-4-10-5-7-16-3)8-9-11-13-15(2)12-9/h10H,4-8H2,1-3H3. The van der Waals surface area contributed by atoms with Crippen LogP contribution in [-0.2, 0) is 18.3 Å². The number of methoxy groups -OCH3 is 1. The maximum Gasteiger partial charge on any atom is 0.188 e. The molecule has 0 aromatic carbocycles. The number of rotatable bonds is 8. The number of nitrogens with one attached hydrogen (secondary N) is 1. The van der Waals surface area contributed by atoms with Crippen molar-refractivity contribution in [3.8, 4) is 0 Å². The highest BCUT2D eigenvalue weighted by molar-refractivity contribution is 4.75. The van der Waals surface area contributed by atoms with Gasteiger partial charge in [0, 0.05) is 26.7 Å². The molecule has 0 radical (unpaired) electrons. The van der Waals surface area contributed by atoms with Gasteiger partial charge in [0.1, 0.15) is 0 Å². The summed E-state index contributed by atoms with van der Waals surface area (Å²) in [5, 5.41) is 15.1. The predicted molar refractivity (Wildman–Crippen MR) is 59.9 cm³/mol. The van der Waals surface area contributed by atoms with Gasteiger partial charge in [-0.2, -0.15) is 4.80 Å². The van der Waals surface area contributed by atoms with Gasteiger partial charge >= 0.3 is 0 Å². The van der Waals surface area contributed by atoms with Crippen LogP contribution in [0.15, 0.2) is 0 Å². The Morgan fingerprint density at radius 1 is 1.44 bits per heavy atom. The molecule has 1 heterocycles. The van der Waals surface area contributed by atoms with E-state index in [0.29, 0.717) is 0 Å². The van der Waals surface area contributed by atoms with E-state index in [1.54, 1.807) is 14.2 Å². The normalized spacial score (nSPS) is 11.2. The summed E-state index contributed by atoms with van der Waals surface area (Å²) in [6.07, 6.45) is 0. The van der Waals surface area contributed by atoms with E-state index in [2.05, 4.69) is 25.6 Å². The fourth-order valence-electron chi connectivity index (χ4n) is 1.28. The van der Waals surface area contributed by atoms with Gasteiger partial charge in [0.15, 0.2) is 5.82 Å². The first-order chi connectivity index (χ1) is 7.72. The minimum Gasteiger partial charge on any atom is -0.383 e. The van der Waals surface area contributed by atoms with Gasteiger partial charge in [-0.1, -0.05) is 0 Å². The molecular formula is C9H20N6O. The predicted octanol–water partition coefficient (Wildman–Crippen LogP) is -1.12. The molecule has 0 fully saturated rings. The summed E-state index contributed by atoms with van der Waals surface area (Å²) in [6.45, 7) is 4.23. The third kappa shape index (κ3) is 5.15. The van der Waals surface area contributed by atoms with Gasteiger partial charge < -0.3 is 10.1 Å². The lowest BCUT2D eigenvalue weighted by molar-refractivity contribution is 0.197. The Morgan fingerprint density at radius 2 is 2.25 bits per heavy atom. The molecule has 1 N–H and O–H groups in total. The Hall–Kier alpha value is -1.05. The number of likely N-dealkylation sites (N-methyl/N-ethyl adjacent to an activating group) is 1. The van der Waals surface area contributed by atoms with Crippen LogP contribution in [0.2, 0.25) is 0 Å². The zero-order valence-corrected chi connectivity index (χ0v) is 10.2. The van der Waals surface area contributed by atoms with Gasteiger partial charge in [-0.05, 0) is 12.3 Å². The van der Waals surface area contributed by atoms with Crippen LogP contribution in [-0.4, -0.2) is 65.5 Å². The van der Waals surface area contributed by atoms with E-state index in [0.717, 1.165) is 38.6 Å². The lowest BCUT2D eigenvalue weighted by Crippen LogP contribution is -2.30. The molecule has 0 aliphatic carbocycles. The van der Waals surface area contributed by atoms with E-state index >= 15 is 0 Å². The van der Waals surface area contributed by atoms with Crippen molar-refractivity contribution in [1.29, 1.82) is 0 Å². The summed E-state index contributed by atoms with van der Waals surface area (Å²) < 4.78 is 4.94. The summed E-state index contributed by atoms with van der Waals surface area (Å²) in [6, 6.07) is 0. The Labute approximate surface area is 95.8 Å². The summed E-state index contributed by atoms with van der Waals surface area (Å²) in [5.74, 6) is 0.752. The first kappa shape index (κ1) is 13.0. The zero-order valence-electron chi connectivity index (χ0n) is 10.2. The Morgan fingerprint density at radius 3 is 2.88 bits per heavy atom. The topological polar surface area (TPSA) is 68.1 Å². The lowest BCUT2D eigenvalue weighted by atomic mass is 10.5. The van der Waals surface area contributed by atoms with Crippen LogP contribution in [0.4, 0.5) is 0 Å². The van der Waals surface area contributed by atoms with Crippen molar-refractivity contribution in [2.45, 2.75) is 6.54 Å². The number of tetrazole rings is 1. The average molecular weight is 228 g/mol. The van der Waals surface area contributed by atoms with E-state index in [-0.39, 0.29) is 0 Å². The molecular weight excluding hydrogens is 208 g/mol. The summed E-state index contributed by atoms with van der Waals surface area (Å²) in [4.78, 5) is 3.62. The second-order valence-corrected chi connectivity index (χ2v) is 3.68. The number of ether oxygens (including phenoxy) is 1. The highest BCUT2D eigenvalue weighted by Gasteiger charge is 2.04. The SMILES string of the molecule is COCCNCCN(C)Cc1nnn(C)n1. The Balaban J connectivity index is 2.09. The van der Waals surface area contributed by atoms with Crippen LogP contribution < -0.4 is 5.32 Å². The summed E-state index contributed by atoms with van der Waals surface area (Å²) in [7, 11) is 5.50. The van der Waals surface area contributed by atoms with Crippen molar-refractivity contribution in [3.63, 3.8) is 0 Å². The molecule has 0 atom stereocenters. The first-order valence-electron chi connectivity index (χ1n) is 5.33. The van der Waals surface area contributed by atoms with Gasteiger partial charge in [0.25, 0.3) is 0 Å². The van der Waals surface area contributed by atoms with E-state index in [1.807, 2.05) is 7.05 Å². The highest BCUT2D eigenvalue weighted by Crippen LogP contribution is 1.92. The van der Waals surface area contributed by atoms with E-state index < -0.39 is 0 Å². The number of hydrogen-bond donors (Lipinski definition) is 1. The molecule has 1 rings (SSSR count). The molecule has 0 bridgehead atoms. The van der Waals surface area contributed by atoms with Crippen molar-refractivity contribution >= 4 is 0 Å². The third-order valence-corrected chi connectivity index (χ3v) is 2.11. The quantitative estimate of drug-likeness (QED) is 0.568. The molecule has 0 spiro atoms. The highest BCUT2D eigenvalue weighted by atomic mass is 16.5. The maximum atomic E-state index is 4.94. The van der Waals surface area contributed by atoms with Crippen molar-refractivity contribution in [2.24, 2.45) is 7.05 Å². The summed E-state index contributed by atoms with van der Waals surface area (Å²) >= 11 is 0. The monoisotopic (exact) mass is 228 g/mol. The van der Waals surface area contributed by atoms with Crippen LogP contribution in [0.25, 0.3) is 0 Å². The number of aryl methyl sites for hydroxylation is 1. The molecule has 0 amide bonds. The fourth-order valence-corrected chi connectivity index (χ4v) is 1.28. The van der Waals surface area contributed by atoms with Gasteiger partial charge in [-0.15, -0.1) is 10.2 Å². The van der Waals surface area contributed by atoms with Crippen molar-refractivity contribution in [2.75, 3.05) is 40.4 Å². The number of nitrogens with zero attached hydrogens (tertiary/aromatic N) is 5. The van der Waals surface area contributed by atoms with Gasteiger partial charge in [-0.25, -0.2) is 0 Å². The smallest absolute Gasteiger partial charge is 0.188 e. The van der Waals surface area contributed by atoms with Crippen LogP contribution >= 0.6 is 0 Å². The number of hydrogen-bond acceptors (Lipinski definition) is 6. The Bertz CT molecular complexity index is 289. The minimum atomic E-state index is 0.722.